The maximum Gasteiger partial charge on any atom is 0.250 e. The van der Waals surface area contributed by atoms with Crippen molar-refractivity contribution < 1.29 is 9.53 Å². The molecule has 4 aromatic carbocycles. The lowest BCUT2D eigenvalue weighted by atomic mass is 10.1. The third kappa shape index (κ3) is 6.01. The lowest BCUT2D eigenvalue weighted by Crippen LogP contribution is -2.20. The van der Waals surface area contributed by atoms with Gasteiger partial charge in [0.25, 0.3) is 5.91 Å². The predicted molar refractivity (Wildman–Crippen MR) is 152 cm³/mol. The number of carbonyl (C=O) groups is 1. The summed E-state index contributed by atoms with van der Waals surface area (Å²) in [7, 11) is 1.61. The number of fused-ring (bicyclic) bond motifs is 1. The molecule has 0 unspecified atom stereocenters. The van der Waals surface area contributed by atoms with E-state index < -0.39 is 0 Å². The Balaban J connectivity index is 1.28. The van der Waals surface area contributed by atoms with Crippen LogP contribution in [0.5, 0.6) is 5.75 Å². The zero-order chi connectivity index (χ0) is 26.2. The number of thioether (sulfide) groups is 1. The fourth-order valence-electron chi connectivity index (χ4n) is 3.96. The highest BCUT2D eigenvalue weighted by Gasteiger charge is 2.16. The molecule has 0 saturated heterocycles. The van der Waals surface area contributed by atoms with Gasteiger partial charge < -0.3 is 10.1 Å². The van der Waals surface area contributed by atoms with Crippen molar-refractivity contribution in [2.75, 3.05) is 18.2 Å². The number of carbonyl (C=O) groups excluding carboxylic acids is 1. The van der Waals surface area contributed by atoms with Gasteiger partial charge in [0, 0.05) is 16.8 Å². The molecular weight excluding hydrogens is 496 g/mol. The van der Waals surface area contributed by atoms with Crippen LogP contribution in [0.4, 0.5) is 5.69 Å². The van der Waals surface area contributed by atoms with E-state index >= 15 is 0 Å². The first-order valence-electron chi connectivity index (χ1n) is 12.0. The first kappa shape index (κ1) is 25.0. The number of aromatic nitrogens is 3. The maximum atomic E-state index is 12.5. The van der Waals surface area contributed by atoms with Gasteiger partial charge >= 0.3 is 0 Å². The average molecular weight is 523 g/mol. The van der Waals surface area contributed by atoms with Gasteiger partial charge in [-0.3, -0.25) is 9.36 Å². The lowest BCUT2D eigenvalue weighted by Gasteiger charge is -2.12. The fraction of sp³-hybridized carbons (Fsp3) is 0.103. The van der Waals surface area contributed by atoms with Crippen LogP contribution in [0.3, 0.4) is 0 Å². The third-order valence-corrected chi connectivity index (χ3v) is 6.70. The van der Waals surface area contributed by atoms with Crippen molar-refractivity contribution in [3.05, 3.63) is 108 Å². The zero-order valence-corrected chi connectivity index (χ0v) is 21.6. The van der Waals surface area contributed by atoms with Crippen LogP contribution in [0.2, 0.25) is 0 Å². The number of methoxy groups -OCH3 is 1. The van der Waals surface area contributed by atoms with E-state index in [1.54, 1.807) is 13.3 Å². The van der Waals surface area contributed by atoms with Gasteiger partial charge in [-0.25, -0.2) is 5.43 Å². The highest BCUT2D eigenvalue weighted by Crippen LogP contribution is 2.25. The minimum atomic E-state index is -0.243. The summed E-state index contributed by atoms with van der Waals surface area (Å²) >= 11 is 1.30. The number of hydrazone groups is 1. The highest BCUT2D eigenvalue weighted by molar-refractivity contribution is 7.99. The molecular formula is C29H26N6O2S. The molecule has 9 heteroatoms. The topological polar surface area (TPSA) is 93.4 Å². The molecule has 0 bridgehead atoms. The number of rotatable bonds is 10. The van der Waals surface area contributed by atoms with E-state index in [9.17, 15) is 4.79 Å². The second kappa shape index (κ2) is 12.1. The molecule has 190 valence electrons. The highest BCUT2D eigenvalue weighted by atomic mass is 32.2. The summed E-state index contributed by atoms with van der Waals surface area (Å²) in [6, 6.07) is 31.7. The molecule has 0 aliphatic rings. The molecule has 0 aliphatic carbocycles. The summed E-state index contributed by atoms with van der Waals surface area (Å²) in [5.74, 6) is 1.36. The summed E-state index contributed by atoms with van der Waals surface area (Å²) in [5.41, 5.74) is 5.34. The van der Waals surface area contributed by atoms with Crippen LogP contribution < -0.4 is 15.5 Å². The van der Waals surface area contributed by atoms with Crippen molar-refractivity contribution >= 4 is 40.3 Å². The molecule has 5 rings (SSSR count). The van der Waals surface area contributed by atoms with E-state index in [0.29, 0.717) is 11.7 Å². The average Bonchev–Trinajstić information content (AvgIpc) is 3.38. The van der Waals surface area contributed by atoms with Gasteiger partial charge in [0.1, 0.15) is 5.75 Å². The van der Waals surface area contributed by atoms with Crippen LogP contribution >= 0.6 is 11.8 Å². The van der Waals surface area contributed by atoms with E-state index in [1.807, 2.05) is 77.4 Å². The minimum absolute atomic E-state index is 0.136. The number of benzene rings is 4. The second-order valence-electron chi connectivity index (χ2n) is 8.31. The van der Waals surface area contributed by atoms with Gasteiger partial charge in [-0.05, 0) is 41.3 Å². The summed E-state index contributed by atoms with van der Waals surface area (Å²) in [6.45, 7) is 0.466. The normalized spacial score (nSPS) is 11.1. The van der Waals surface area contributed by atoms with Crippen molar-refractivity contribution in [3.8, 4) is 11.4 Å². The number of ether oxygens (including phenoxy) is 1. The van der Waals surface area contributed by atoms with Crippen molar-refractivity contribution in [1.82, 2.24) is 20.2 Å². The molecule has 0 atom stereocenters. The summed E-state index contributed by atoms with van der Waals surface area (Å²) < 4.78 is 7.18. The van der Waals surface area contributed by atoms with E-state index in [1.165, 1.54) is 17.1 Å². The largest absolute Gasteiger partial charge is 0.497 e. The molecule has 1 heterocycles. The Morgan fingerprint density at radius 3 is 2.63 bits per heavy atom. The monoisotopic (exact) mass is 522 g/mol. The smallest absolute Gasteiger partial charge is 0.250 e. The second-order valence-corrected chi connectivity index (χ2v) is 9.25. The van der Waals surface area contributed by atoms with Crippen molar-refractivity contribution in [1.29, 1.82) is 0 Å². The number of para-hydroxylation sites is 1. The molecule has 8 nitrogen and oxygen atoms in total. The molecule has 1 aromatic heterocycles. The molecule has 0 aliphatic heterocycles. The number of nitrogens with zero attached hydrogens (tertiary/aromatic N) is 4. The molecule has 1 amide bonds. The lowest BCUT2D eigenvalue weighted by molar-refractivity contribution is -0.118. The Labute approximate surface area is 224 Å². The molecule has 0 spiro atoms. The Kier molecular flexibility index (Phi) is 7.95. The fourth-order valence-corrected chi connectivity index (χ4v) is 4.72. The number of hydrogen-bond donors (Lipinski definition) is 2. The van der Waals surface area contributed by atoms with Crippen molar-refractivity contribution in [2.24, 2.45) is 5.10 Å². The Bertz CT molecular complexity index is 1560. The van der Waals surface area contributed by atoms with Crippen LogP contribution in [0.25, 0.3) is 16.5 Å². The number of amides is 1. The van der Waals surface area contributed by atoms with Gasteiger partial charge in [-0.1, -0.05) is 78.5 Å². The van der Waals surface area contributed by atoms with Gasteiger partial charge in [0.05, 0.1) is 25.6 Å². The first-order valence-corrected chi connectivity index (χ1v) is 13.0. The third-order valence-electron chi connectivity index (χ3n) is 5.77. The minimum Gasteiger partial charge on any atom is -0.497 e. The number of nitrogens with one attached hydrogen (secondary N) is 2. The molecule has 0 radical (unpaired) electrons. The van der Waals surface area contributed by atoms with Gasteiger partial charge in [-0.15, -0.1) is 10.2 Å². The van der Waals surface area contributed by atoms with E-state index in [4.69, 9.17) is 4.74 Å². The van der Waals surface area contributed by atoms with Crippen molar-refractivity contribution in [3.63, 3.8) is 0 Å². The van der Waals surface area contributed by atoms with E-state index in [0.717, 1.165) is 33.9 Å². The molecule has 2 N–H and O–H groups in total. The van der Waals surface area contributed by atoms with Crippen LogP contribution in [-0.4, -0.2) is 39.7 Å². The number of hydrogen-bond acceptors (Lipinski definition) is 7. The molecule has 0 fully saturated rings. The molecule has 38 heavy (non-hydrogen) atoms. The van der Waals surface area contributed by atoms with Gasteiger partial charge in [-0.2, -0.15) is 5.10 Å². The van der Waals surface area contributed by atoms with E-state index in [2.05, 4.69) is 50.3 Å². The SMILES string of the molecule is COc1cccc(/C=N/NC(=O)CSc2nnc(CNc3cccc4ccccc34)n2-c2ccccc2)c1. The predicted octanol–water partition coefficient (Wildman–Crippen LogP) is 5.28. The van der Waals surface area contributed by atoms with Crippen LogP contribution in [0, 0.1) is 0 Å². The Morgan fingerprint density at radius 2 is 1.76 bits per heavy atom. The van der Waals surface area contributed by atoms with Crippen LogP contribution in [0.15, 0.2) is 107 Å². The summed E-state index contributed by atoms with van der Waals surface area (Å²) in [4.78, 5) is 12.5. The zero-order valence-electron chi connectivity index (χ0n) is 20.7. The van der Waals surface area contributed by atoms with E-state index in [-0.39, 0.29) is 11.7 Å². The Morgan fingerprint density at radius 1 is 0.974 bits per heavy atom. The summed E-state index contributed by atoms with van der Waals surface area (Å²) in [5, 5.41) is 19.3. The van der Waals surface area contributed by atoms with Crippen molar-refractivity contribution in [2.45, 2.75) is 11.7 Å². The molecule has 0 saturated carbocycles. The maximum absolute atomic E-state index is 12.5. The van der Waals surface area contributed by atoms with Crippen LogP contribution in [-0.2, 0) is 11.3 Å². The first-order chi connectivity index (χ1) is 18.7. The molecule has 5 aromatic rings. The summed E-state index contributed by atoms with van der Waals surface area (Å²) in [6.07, 6.45) is 1.58. The quantitative estimate of drug-likeness (QED) is 0.147. The van der Waals surface area contributed by atoms with Gasteiger partial charge in [0.2, 0.25) is 0 Å². The number of anilines is 1. The standard InChI is InChI=1S/C29H26N6O2S/c1-37-24-14-7-9-21(17-24)18-31-33-28(36)20-38-29-34-32-27(35(29)23-12-3-2-4-13-23)19-30-26-16-8-11-22-10-5-6-15-25(22)26/h2-18,30H,19-20H2,1H3,(H,33,36)/b31-18+. The van der Waals surface area contributed by atoms with Crippen LogP contribution in [0.1, 0.15) is 11.4 Å². The Hall–Kier alpha value is -4.63. The van der Waals surface area contributed by atoms with Gasteiger partial charge in [0.15, 0.2) is 11.0 Å².